The highest BCUT2D eigenvalue weighted by molar-refractivity contribution is 7.88. The van der Waals surface area contributed by atoms with Gasteiger partial charge in [-0.3, -0.25) is 0 Å². The van der Waals surface area contributed by atoms with Crippen LogP contribution in [0.4, 0.5) is 13.2 Å². The molecule has 0 aliphatic heterocycles. The Morgan fingerprint density at radius 3 is 2.20 bits per heavy atom. The maximum atomic E-state index is 12.9. The van der Waals surface area contributed by atoms with Crippen molar-refractivity contribution in [2.45, 2.75) is 57.3 Å². The minimum atomic E-state index is -4.20. The number of alkyl halides is 3. The van der Waals surface area contributed by atoms with Gasteiger partial charge in [-0.25, -0.2) is 13.1 Å². The van der Waals surface area contributed by atoms with E-state index in [1.807, 2.05) is 0 Å². The predicted octanol–water partition coefficient (Wildman–Crippen LogP) is 2.02. The molecule has 2 N–H and O–H groups in total. The van der Waals surface area contributed by atoms with Crippen LogP contribution >= 0.6 is 0 Å². The first kappa shape index (κ1) is 17.7. The van der Waals surface area contributed by atoms with Crippen molar-refractivity contribution in [2.75, 3.05) is 12.8 Å². The molecule has 120 valence electrons. The Morgan fingerprint density at radius 2 is 1.70 bits per heavy atom. The second-order valence-electron chi connectivity index (χ2n) is 6.18. The Balaban J connectivity index is 2.62. The average Bonchev–Trinajstić information content (AvgIpc) is 2.22. The standard InChI is InChI=1S/C12H23F3N2O2S/c1-11(2,17-20(3,18)19)8-16-10-7-5-4-6-9(10)12(13,14)15/h9-10,16-17H,4-8H2,1-3H3. The van der Waals surface area contributed by atoms with Gasteiger partial charge in [0.2, 0.25) is 10.0 Å². The molecule has 0 aromatic heterocycles. The van der Waals surface area contributed by atoms with Crippen LogP contribution in [0.3, 0.4) is 0 Å². The van der Waals surface area contributed by atoms with Crippen molar-refractivity contribution >= 4 is 10.0 Å². The van der Waals surface area contributed by atoms with Gasteiger partial charge in [0.15, 0.2) is 0 Å². The number of sulfonamides is 1. The summed E-state index contributed by atoms with van der Waals surface area (Å²) in [4.78, 5) is 0. The van der Waals surface area contributed by atoms with Crippen molar-refractivity contribution in [3.05, 3.63) is 0 Å². The number of halogens is 3. The van der Waals surface area contributed by atoms with Crippen molar-refractivity contribution in [1.29, 1.82) is 0 Å². The summed E-state index contributed by atoms with van der Waals surface area (Å²) < 4.78 is 63.6. The molecule has 0 saturated heterocycles. The van der Waals surface area contributed by atoms with E-state index < -0.39 is 33.7 Å². The molecule has 1 aliphatic carbocycles. The zero-order valence-corrected chi connectivity index (χ0v) is 12.9. The lowest BCUT2D eigenvalue weighted by Gasteiger charge is -2.36. The molecule has 0 amide bonds. The molecule has 2 unspecified atom stereocenters. The molecule has 8 heteroatoms. The zero-order chi connectivity index (χ0) is 15.6. The zero-order valence-electron chi connectivity index (χ0n) is 12.0. The van der Waals surface area contributed by atoms with Crippen molar-refractivity contribution in [3.63, 3.8) is 0 Å². The molecular formula is C12H23F3N2O2S. The number of rotatable bonds is 5. The molecule has 0 spiro atoms. The van der Waals surface area contributed by atoms with Crippen molar-refractivity contribution < 1.29 is 21.6 Å². The molecule has 0 radical (unpaired) electrons. The molecule has 1 aliphatic rings. The molecule has 4 nitrogen and oxygen atoms in total. The van der Waals surface area contributed by atoms with E-state index in [0.717, 1.165) is 12.7 Å². The highest BCUT2D eigenvalue weighted by Gasteiger charge is 2.45. The average molecular weight is 316 g/mol. The highest BCUT2D eigenvalue weighted by atomic mass is 32.2. The third-order valence-corrected chi connectivity index (χ3v) is 4.38. The van der Waals surface area contributed by atoms with Gasteiger partial charge in [0.05, 0.1) is 12.2 Å². The molecule has 0 aromatic carbocycles. The third kappa shape index (κ3) is 5.97. The first-order valence-corrected chi connectivity index (χ1v) is 8.59. The van der Waals surface area contributed by atoms with Crippen LogP contribution in [-0.2, 0) is 10.0 Å². The van der Waals surface area contributed by atoms with Gasteiger partial charge in [-0.2, -0.15) is 13.2 Å². The van der Waals surface area contributed by atoms with Crippen LogP contribution in [0.5, 0.6) is 0 Å². The fourth-order valence-corrected chi connectivity index (χ4v) is 3.77. The van der Waals surface area contributed by atoms with Gasteiger partial charge in [-0.15, -0.1) is 0 Å². The number of hydrogen-bond acceptors (Lipinski definition) is 3. The summed E-state index contributed by atoms with van der Waals surface area (Å²) in [6.07, 6.45) is -1.20. The molecule has 1 saturated carbocycles. The van der Waals surface area contributed by atoms with E-state index in [4.69, 9.17) is 0 Å². The van der Waals surface area contributed by atoms with Crippen molar-refractivity contribution in [1.82, 2.24) is 10.0 Å². The van der Waals surface area contributed by atoms with Crippen molar-refractivity contribution in [2.24, 2.45) is 5.92 Å². The molecule has 20 heavy (non-hydrogen) atoms. The smallest absolute Gasteiger partial charge is 0.312 e. The van der Waals surface area contributed by atoms with Crippen LogP contribution in [0.25, 0.3) is 0 Å². The molecule has 0 heterocycles. The Hall–Kier alpha value is -0.340. The highest BCUT2D eigenvalue weighted by Crippen LogP contribution is 2.37. The van der Waals surface area contributed by atoms with E-state index in [0.29, 0.717) is 12.8 Å². The lowest BCUT2D eigenvalue weighted by molar-refractivity contribution is -0.189. The van der Waals surface area contributed by atoms with Crippen LogP contribution in [0.2, 0.25) is 0 Å². The topological polar surface area (TPSA) is 58.2 Å². The quantitative estimate of drug-likeness (QED) is 0.816. The van der Waals surface area contributed by atoms with E-state index in [1.165, 1.54) is 0 Å². The lowest BCUT2D eigenvalue weighted by Crippen LogP contribution is -2.54. The van der Waals surface area contributed by atoms with Crippen molar-refractivity contribution in [3.8, 4) is 0 Å². The second-order valence-corrected chi connectivity index (χ2v) is 7.93. The summed E-state index contributed by atoms with van der Waals surface area (Å²) in [6.45, 7) is 3.45. The third-order valence-electron chi connectivity index (χ3n) is 3.45. The van der Waals surface area contributed by atoms with Crippen LogP contribution in [0, 0.1) is 5.92 Å². The molecule has 0 bridgehead atoms. The Labute approximate surface area is 118 Å². The molecule has 0 aromatic rings. The van der Waals surface area contributed by atoms with E-state index in [1.54, 1.807) is 13.8 Å². The van der Waals surface area contributed by atoms with Gasteiger partial charge in [0, 0.05) is 18.1 Å². The Kier molecular flexibility index (Phi) is 5.48. The largest absolute Gasteiger partial charge is 0.393 e. The fraction of sp³-hybridized carbons (Fsp3) is 1.00. The first-order valence-electron chi connectivity index (χ1n) is 6.70. The monoisotopic (exact) mass is 316 g/mol. The maximum absolute atomic E-state index is 12.9. The van der Waals surface area contributed by atoms with Gasteiger partial charge in [0.1, 0.15) is 0 Å². The van der Waals surface area contributed by atoms with Gasteiger partial charge in [0.25, 0.3) is 0 Å². The van der Waals surface area contributed by atoms with Crippen LogP contribution in [0.15, 0.2) is 0 Å². The van der Waals surface area contributed by atoms with E-state index in [-0.39, 0.29) is 13.0 Å². The van der Waals surface area contributed by atoms with E-state index in [2.05, 4.69) is 10.0 Å². The number of nitrogens with one attached hydrogen (secondary N) is 2. The Morgan fingerprint density at radius 1 is 1.15 bits per heavy atom. The number of hydrogen-bond donors (Lipinski definition) is 2. The summed E-state index contributed by atoms with van der Waals surface area (Å²) in [7, 11) is -3.39. The maximum Gasteiger partial charge on any atom is 0.393 e. The van der Waals surface area contributed by atoms with Crippen LogP contribution in [0.1, 0.15) is 39.5 Å². The molecule has 1 rings (SSSR count). The van der Waals surface area contributed by atoms with Crippen LogP contribution in [-0.4, -0.2) is 39.0 Å². The molecule has 2 atom stereocenters. The van der Waals surface area contributed by atoms with Gasteiger partial charge >= 0.3 is 6.18 Å². The van der Waals surface area contributed by atoms with E-state index >= 15 is 0 Å². The summed E-state index contributed by atoms with van der Waals surface area (Å²) in [5.41, 5.74) is -0.818. The second kappa shape index (κ2) is 6.19. The van der Waals surface area contributed by atoms with Gasteiger partial charge in [-0.05, 0) is 26.7 Å². The predicted molar refractivity (Wildman–Crippen MR) is 71.9 cm³/mol. The Bertz CT molecular complexity index is 421. The molecule has 1 fully saturated rings. The molecular weight excluding hydrogens is 293 g/mol. The van der Waals surface area contributed by atoms with Gasteiger partial charge < -0.3 is 5.32 Å². The fourth-order valence-electron chi connectivity index (χ4n) is 2.69. The minimum absolute atomic E-state index is 0.140. The summed E-state index contributed by atoms with van der Waals surface area (Å²) in [5.74, 6) is -1.34. The SMILES string of the molecule is CC(C)(CNC1CCCCC1C(F)(F)F)NS(C)(=O)=O. The van der Waals surface area contributed by atoms with E-state index in [9.17, 15) is 21.6 Å². The summed E-state index contributed by atoms with van der Waals surface area (Å²) >= 11 is 0. The summed E-state index contributed by atoms with van der Waals surface area (Å²) in [6, 6.07) is -0.635. The lowest BCUT2D eigenvalue weighted by atomic mass is 9.83. The van der Waals surface area contributed by atoms with Crippen LogP contribution < -0.4 is 10.0 Å². The summed E-state index contributed by atoms with van der Waals surface area (Å²) in [5, 5.41) is 2.89. The van der Waals surface area contributed by atoms with Gasteiger partial charge in [-0.1, -0.05) is 12.8 Å². The first-order chi connectivity index (χ1) is 8.91. The normalized spacial score (nSPS) is 25.7. The minimum Gasteiger partial charge on any atom is -0.312 e.